The summed E-state index contributed by atoms with van der Waals surface area (Å²) in [5.41, 5.74) is 0. The summed E-state index contributed by atoms with van der Waals surface area (Å²) in [5, 5.41) is 4.94. The minimum atomic E-state index is -0.658. The van der Waals surface area contributed by atoms with Crippen molar-refractivity contribution < 1.29 is 23.8 Å². The van der Waals surface area contributed by atoms with Gasteiger partial charge in [-0.15, -0.1) is 0 Å². The van der Waals surface area contributed by atoms with Gasteiger partial charge in [0, 0.05) is 12.1 Å². The number of para-hydroxylation sites is 1. The van der Waals surface area contributed by atoms with E-state index in [4.69, 9.17) is 14.2 Å². The summed E-state index contributed by atoms with van der Waals surface area (Å²) in [6.07, 6.45) is -1.32. The molecular weight excluding hydrogens is 326 g/mol. The van der Waals surface area contributed by atoms with Crippen LogP contribution in [-0.2, 0) is 9.47 Å². The van der Waals surface area contributed by atoms with Crippen LogP contribution in [0.1, 0.15) is 13.8 Å². The van der Waals surface area contributed by atoms with Crippen molar-refractivity contribution in [2.24, 2.45) is 0 Å². The van der Waals surface area contributed by atoms with Crippen molar-refractivity contribution in [1.82, 2.24) is 4.98 Å². The molecule has 0 fully saturated rings. The zero-order valence-electron chi connectivity index (χ0n) is 13.9. The molecule has 0 bridgehead atoms. The van der Waals surface area contributed by atoms with E-state index in [9.17, 15) is 9.59 Å². The highest BCUT2D eigenvalue weighted by Gasteiger charge is 2.11. The lowest BCUT2D eigenvalue weighted by Gasteiger charge is -2.11. The van der Waals surface area contributed by atoms with E-state index < -0.39 is 12.2 Å². The van der Waals surface area contributed by atoms with E-state index in [1.165, 1.54) is 12.1 Å². The summed E-state index contributed by atoms with van der Waals surface area (Å²) in [6.45, 7) is 3.82. The highest BCUT2D eigenvalue weighted by atomic mass is 16.6. The number of hydrogen-bond donors (Lipinski definition) is 2. The van der Waals surface area contributed by atoms with Gasteiger partial charge in [0.15, 0.2) is 0 Å². The molecule has 8 heteroatoms. The van der Waals surface area contributed by atoms with Crippen LogP contribution < -0.4 is 15.4 Å². The maximum atomic E-state index is 11.6. The molecule has 2 aromatic rings. The number of amides is 2. The van der Waals surface area contributed by atoms with Crippen molar-refractivity contribution in [1.29, 1.82) is 0 Å². The summed E-state index contributed by atoms with van der Waals surface area (Å²) in [7, 11) is 0. The van der Waals surface area contributed by atoms with E-state index >= 15 is 0 Å². The number of rotatable bonds is 6. The van der Waals surface area contributed by atoms with Crippen molar-refractivity contribution in [3.8, 4) is 11.5 Å². The van der Waals surface area contributed by atoms with Crippen molar-refractivity contribution in [3.63, 3.8) is 0 Å². The van der Waals surface area contributed by atoms with Crippen molar-refractivity contribution >= 4 is 23.8 Å². The van der Waals surface area contributed by atoms with Gasteiger partial charge in [0.25, 0.3) is 0 Å². The summed E-state index contributed by atoms with van der Waals surface area (Å²) < 4.78 is 15.4. The average Bonchev–Trinajstić information content (AvgIpc) is 2.56. The van der Waals surface area contributed by atoms with E-state index in [2.05, 4.69) is 15.6 Å². The quantitative estimate of drug-likeness (QED) is 0.821. The molecule has 2 rings (SSSR count). The van der Waals surface area contributed by atoms with Crippen LogP contribution in [0.15, 0.2) is 42.5 Å². The van der Waals surface area contributed by atoms with Crippen LogP contribution in [0.25, 0.3) is 0 Å². The molecule has 0 atom stereocenters. The predicted octanol–water partition coefficient (Wildman–Crippen LogP) is 4.01. The third-order valence-electron chi connectivity index (χ3n) is 2.79. The lowest BCUT2D eigenvalue weighted by atomic mass is 10.3. The van der Waals surface area contributed by atoms with Gasteiger partial charge >= 0.3 is 12.2 Å². The number of nitrogens with zero attached hydrogens (tertiary/aromatic N) is 1. The van der Waals surface area contributed by atoms with E-state index in [0.29, 0.717) is 11.5 Å². The monoisotopic (exact) mass is 345 g/mol. The van der Waals surface area contributed by atoms with E-state index in [0.717, 1.165) is 0 Å². The normalized spacial score (nSPS) is 9.84. The zero-order valence-corrected chi connectivity index (χ0v) is 13.9. The molecule has 0 radical (unpaired) electrons. The van der Waals surface area contributed by atoms with Gasteiger partial charge in [0.1, 0.15) is 23.1 Å². The molecule has 2 N–H and O–H groups in total. The van der Waals surface area contributed by atoms with E-state index in [1.807, 2.05) is 18.2 Å². The molecule has 1 aromatic heterocycles. The maximum Gasteiger partial charge on any atom is 0.412 e. The lowest BCUT2D eigenvalue weighted by Crippen LogP contribution is -2.17. The Labute approximate surface area is 145 Å². The SMILES string of the molecule is CCOC(=O)Nc1cc(Oc2ccccc2)cc(NC(=O)OCC)n1. The average molecular weight is 345 g/mol. The zero-order chi connectivity index (χ0) is 18.1. The summed E-state index contributed by atoms with van der Waals surface area (Å²) in [5.74, 6) is 1.30. The highest BCUT2D eigenvalue weighted by Crippen LogP contribution is 2.26. The summed E-state index contributed by atoms with van der Waals surface area (Å²) in [6, 6.07) is 12.1. The smallest absolute Gasteiger partial charge is 0.412 e. The van der Waals surface area contributed by atoms with Gasteiger partial charge in [-0.3, -0.25) is 10.6 Å². The first-order valence-corrected chi connectivity index (χ1v) is 7.73. The first-order valence-electron chi connectivity index (χ1n) is 7.73. The van der Waals surface area contributed by atoms with Gasteiger partial charge in [-0.25, -0.2) is 14.6 Å². The van der Waals surface area contributed by atoms with Crippen molar-refractivity contribution in [2.75, 3.05) is 23.8 Å². The van der Waals surface area contributed by atoms with Crippen LogP contribution in [0.4, 0.5) is 21.2 Å². The van der Waals surface area contributed by atoms with Crippen LogP contribution in [0, 0.1) is 0 Å². The molecule has 132 valence electrons. The number of carbonyl (C=O) groups excluding carboxylic acids is 2. The number of aromatic nitrogens is 1. The first kappa shape index (κ1) is 18.1. The Morgan fingerprint density at radius 1 is 0.880 bits per heavy atom. The van der Waals surface area contributed by atoms with Crippen LogP contribution >= 0.6 is 0 Å². The number of hydrogen-bond acceptors (Lipinski definition) is 6. The number of carbonyl (C=O) groups is 2. The number of ether oxygens (including phenoxy) is 3. The Morgan fingerprint density at radius 2 is 1.40 bits per heavy atom. The van der Waals surface area contributed by atoms with Crippen molar-refractivity contribution in [2.45, 2.75) is 13.8 Å². The Kier molecular flexibility index (Phi) is 6.58. The molecular formula is C17H19N3O5. The van der Waals surface area contributed by atoms with Gasteiger partial charge in [-0.05, 0) is 26.0 Å². The Morgan fingerprint density at radius 3 is 1.88 bits per heavy atom. The maximum absolute atomic E-state index is 11.6. The molecule has 0 spiro atoms. The number of benzene rings is 1. The van der Waals surface area contributed by atoms with Crippen LogP contribution in [-0.4, -0.2) is 30.4 Å². The standard InChI is InChI=1S/C17H19N3O5/c1-3-23-16(21)19-14-10-13(25-12-8-6-5-7-9-12)11-15(18-14)20-17(22)24-4-2/h5-11H,3-4H2,1-2H3,(H2,18,19,20,21,22). The second-order valence-corrected chi connectivity index (χ2v) is 4.68. The van der Waals surface area contributed by atoms with Gasteiger partial charge in [0.05, 0.1) is 13.2 Å². The van der Waals surface area contributed by atoms with Crippen LogP contribution in [0.3, 0.4) is 0 Å². The van der Waals surface area contributed by atoms with Gasteiger partial charge in [0.2, 0.25) is 0 Å². The fraction of sp³-hybridized carbons (Fsp3) is 0.235. The molecule has 0 saturated heterocycles. The largest absolute Gasteiger partial charge is 0.457 e. The van der Waals surface area contributed by atoms with E-state index in [1.54, 1.807) is 26.0 Å². The Balaban J connectivity index is 2.23. The topological polar surface area (TPSA) is 98.8 Å². The molecule has 0 aliphatic heterocycles. The van der Waals surface area contributed by atoms with E-state index in [-0.39, 0.29) is 24.8 Å². The summed E-state index contributed by atoms with van der Waals surface area (Å²) in [4.78, 5) is 27.3. The highest BCUT2D eigenvalue weighted by molar-refractivity contribution is 5.86. The molecule has 2 amide bonds. The fourth-order valence-corrected chi connectivity index (χ4v) is 1.86. The lowest BCUT2D eigenvalue weighted by molar-refractivity contribution is 0.167. The first-order chi connectivity index (χ1) is 12.1. The van der Waals surface area contributed by atoms with Crippen LogP contribution in [0.5, 0.6) is 11.5 Å². The minimum absolute atomic E-state index is 0.165. The van der Waals surface area contributed by atoms with Crippen molar-refractivity contribution in [3.05, 3.63) is 42.5 Å². The summed E-state index contributed by atoms with van der Waals surface area (Å²) >= 11 is 0. The second kappa shape index (κ2) is 9.11. The molecule has 8 nitrogen and oxygen atoms in total. The number of nitrogens with one attached hydrogen (secondary N) is 2. The third-order valence-corrected chi connectivity index (χ3v) is 2.79. The number of anilines is 2. The molecule has 1 heterocycles. The molecule has 0 saturated carbocycles. The van der Waals surface area contributed by atoms with Gasteiger partial charge in [-0.1, -0.05) is 18.2 Å². The molecule has 1 aromatic carbocycles. The molecule has 0 aliphatic rings. The third kappa shape index (κ3) is 6.02. The second-order valence-electron chi connectivity index (χ2n) is 4.68. The number of pyridine rings is 1. The molecule has 25 heavy (non-hydrogen) atoms. The minimum Gasteiger partial charge on any atom is -0.457 e. The van der Waals surface area contributed by atoms with Gasteiger partial charge < -0.3 is 14.2 Å². The van der Waals surface area contributed by atoms with Gasteiger partial charge in [-0.2, -0.15) is 0 Å². The molecule has 0 unspecified atom stereocenters. The van der Waals surface area contributed by atoms with Crippen LogP contribution in [0.2, 0.25) is 0 Å². The molecule has 0 aliphatic carbocycles. The Bertz CT molecular complexity index is 683. The fourth-order valence-electron chi connectivity index (χ4n) is 1.86. The Hall–Kier alpha value is -3.29. The predicted molar refractivity (Wildman–Crippen MR) is 92.0 cm³/mol.